The Bertz CT molecular complexity index is 1370. The summed E-state index contributed by atoms with van der Waals surface area (Å²) in [6.45, 7) is 12.8. The minimum absolute atomic E-state index is 0.0895. The SMILES string of the molecule is CCCCn1cc(C(=O)N(CC)CC)c2cccc(/C(C)=C(/c3ccc(C(=O)O)cc3C)C3CCCCC3)c21. The molecule has 0 aliphatic heterocycles. The Morgan fingerprint density at radius 3 is 2.31 bits per heavy atom. The monoisotopic (exact) mass is 528 g/mol. The maximum atomic E-state index is 13.6. The van der Waals surface area contributed by atoms with E-state index in [1.165, 1.54) is 36.0 Å². The summed E-state index contributed by atoms with van der Waals surface area (Å²) in [6.07, 6.45) is 10.2. The van der Waals surface area contributed by atoms with E-state index in [0.29, 0.717) is 24.6 Å². The Morgan fingerprint density at radius 2 is 1.69 bits per heavy atom. The number of aromatic carboxylic acids is 1. The molecule has 1 fully saturated rings. The molecule has 39 heavy (non-hydrogen) atoms. The van der Waals surface area contributed by atoms with Gasteiger partial charge in [-0.25, -0.2) is 4.79 Å². The summed E-state index contributed by atoms with van der Waals surface area (Å²) in [4.78, 5) is 27.1. The fourth-order valence-corrected chi connectivity index (χ4v) is 6.38. The number of fused-ring (bicyclic) bond motifs is 1. The van der Waals surface area contributed by atoms with Gasteiger partial charge in [0, 0.05) is 36.8 Å². The molecule has 1 aliphatic carbocycles. The summed E-state index contributed by atoms with van der Waals surface area (Å²) >= 11 is 0. The maximum Gasteiger partial charge on any atom is 0.335 e. The molecule has 1 amide bonds. The fourth-order valence-electron chi connectivity index (χ4n) is 6.38. The minimum atomic E-state index is -0.895. The number of carboxylic acids is 1. The van der Waals surface area contributed by atoms with Gasteiger partial charge in [-0.2, -0.15) is 0 Å². The van der Waals surface area contributed by atoms with E-state index in [0.717, 1.165) is 59.8 Å². The second-order valence-corrected chi connectivity index (χ2v) is 11.0. The van der Waals surface area contributed by atoms with Crippen molar-refractivity contribution in [1.29, 1.82) is 0 Å². The van der Waals surface area contributed by atoms with Gasteiger partial charge in [0.25, 0.3) is 5.91 Å². The summed E-state index contributed by atoms with van der Waals surface area (Å²) in [5.41, 5.74) is 8.12. The second-order valence-electron chi connectivity index (χ2n) is 11.0. The molecule has 1 saturated carbocycles. The number of rotatable bonds is 10. The second kappa shape index (κ2) is 12.7. The largest absolute Gasteiger partial charge is 0.478 e. The number of carbonyl (C=O) groups excluding carboxylic acids is 1. The number of unbranched alkanes of at least 4 members (excludes halogenated alkanes) is 1. The highest BCUT2D eigenvalue weighted by Crippen LogP contribution is 2.43. The smallest absolute Gasteiger partial charge is 0.335 e. The molecule has 208 valence electrons. The summed E-state index contributed by atoms with van der Waals surface area (Å²) in [5, 5.41) is 10.6. The lowest BCUT2D eigenvalue weighted by Gasteiger charge is -2.28. The highest BCUT2D eigenvalue weighted by Gasteiger charge is 2.26. The maximum absolute atomic E-state index is 13.6. The van der Waals surface area contributed by atoms with Crippen molar-refractivity contribution in [3.63, 3.8) is 0 Å². The number of aromatic nitrogens is 1. The molecule has 0 unspecified atom stereocenters. The summed E-state index contributed by atoms with van der Waals surface area (Å²) in [6, 6.07) is 11.9. The van der Waals surface area contributed by atoms with E-state index in [1.807, 2.05) is 31.7 Å². The van der Waals surface area contributed by atoms with Crippen molar-refractivity contribution >= 4 is 33.9 Å². The molecule has 1 N–H and O–H groups in total. The van der Waals surface area contributed by atoms with Crippen LogP contribution < -0.4 is 0 Å². The molecule has 5 nitrogen and oxygen atoms in total. The number of hydrogen-bond acceptors (Lipinski definition) is 2. The fraction of sp³-hybridized carbons (Fsp3) is 0.471. The van der Waals surface area contributed by atoms with Crippen molar-refractivity contribution < 1.29 is 14.7 Å². The Labute approximate surface area is 233 Å². The quantitative estimate of drug-likeness (QED) is 0.269. The highest BCUT2D eigenvalue weighted by atomic mass is 16.4. The minimum Gasteiger partial charge on any atom is -0.478 e. The standard InChI is InChI=1S/C34H44N2O3/c1-6-9-20-36-22-30(33(37)35(7-2)8-3)29-17-13-16-28(32(29)36)24(5)31(25-14-11-10-12-15-25)27-19-18-26(34(38)39)21-23(27)4/h13,16-19,21-22,25H,6-12,14-15,20H2,1-5H3,(H,38,39)/b31-24+. The van der Waals surface area contributed by atoms with Crippen molar-refractivity contribution in [3.8, 4) is 0 Å². The van der Waals surface area contributed by atoms with Gasteiger partial charge in [0.2, 0.25) is 0 Å². The third-order valence-corrected chi connectivity index (χ3v) is 8.52. The van der Waals surface area contributed by atoms with E-state index < -0.39 is 5.97 Å². The zero-order valence-corrected chi connectivity index (χ0v) is 24.3. The van der Waals surface area contributed by atoms with Crippen LogP contribution in [0.2, 0.25) is 0 Å². The Morgan fingerprint density at radius 1 is 0.974 bits per heavy atom. The zero-order valence-electron chi connectivity index (χ0n) is 24.3. The van der Waals surface area contributed by atoms with Crippen molar-refractivity contribution in [3.05, 3.63) is 70.4 Å². The molecule has 0 spiro atoms. The molecule has 0 bridgehead atoms. The Hall–Kier alpha value is -3.34. The van der Waals surface area contributed by atoms with Crippen molar-refractivity contribution in [1.82, 2.24) is 9.47 Å². The van der Waals surface area contributed by atoms with Crippen molar-refractivity contribution in [2.45, 2.75) is 86.1 Å². The van der Waals surface area contributed by atoms with Gasteiger partial charge in [0.1, 0.15) is 0 Å². The first-order valence-corrected chi connectivity index (χ1v) is 14.8. The zero-order chi connectivity index (χ0) is 28.1. The Balaban J connectivity index is 1.98. The van der Waals surface area contributed by atoms with Crippen LogP contribution in [0.1, 0.15) is 110 Å². The van der Waals surface area contributed by atoms with Crippen LogP contribution in [0.4, 0.5) is 0 Å². The van der Waals surface area contributed by atoms with Crippen LogP contribution in [0, 0.1) is 12.8 Å². The third kappa shape index (κ3) is 5.83. The average molecular weight is 529 g/mol. The summed E-state index contributed by atoms with van der Waals surface area (Å²) in [7, 11) is 0. The molecule has 1 aromatic heterocycles. The molecule has 0 radical (unpaired) electrons. The van der Waals surface area contributed by atoms with E-state index in [-0.39, 0.29) is 5.91 Å². The summed E-state index contributed by atoms with van der Waals surface area (Å²) in [5.74, 6) is -0.376. The third-order valence-electron chi connectivity index (χ3n) is 8.52. The number of carboxylic acid groups (broad SMARTS) is 1. The van der Waals surface area contributed by atoms with Gasteiger partial charge in [0.05, 0.1) is 16.6 Å². The molecule has 2 aromatic carbocycles. The first-order valence-electron chi connectivity index (χ1n) is 14.8. The molecule has 1 aliphatic rings. The van der Waals surface area contributed by atoms with Gasteiger partial charge in [-0.3, -0.25) is 4.79 Å². The van der Waals surface area contributed by atoms with Gasteiger partial charge in [-0.1, -0.05) is 56.9 Å². The van der Waals surface area contributed by atoms with Gasteiger partial charge in [-0.15, -0.1) is 0 Å². The first-order chi connectivity index (χ1) is 18.8. The summed E-state index contributed by atoms with van der Waals surface area (Å²) < 4.78 is 2.30. The number of nitrogens with zero attached hydrogens (tertiary/aromatic N) is 2. The van der Waals surface area contributed by atoms with E-state index >= 15 is 0 Å². The molecule has 4 rings (SSSR count). The molecule has 0 atom stereocenters. The molecule has 1 heterocycles. The molecule has 0 saturated heterocycles. The number of aryl methyl sites for hydroxylation is 2. The van der Waals surface area contributed by atoms with Gasteiger partial charge < -0.3 is 14.6 Å². The van der Waals surface area contributed by atoms with E-state index in [2.05, 4.69) is 42.8 Å². The van der Waals surface area contributed by atoms with Gasteiger partial charge in [0.15, 0.2) is 0 Å². The lowest BCUT2D eigenvalue weighted by molar-refractivity contribution is 0.0695. The normalized spacial score (nSPS) is 14.9. The van der Waals surface area contributed by atoms with Crippen molar-refractivity contribution in [2.24, 2.45) is 5.92 Å². The number of amides is 1. The van der Waals surface area contributed by atoms with Crippen LogP contribution in [-0.2, 0) is 6.54 Å². The first kappa shape index (κ1) is 28.7. The number of carbonyl (C=O) groups is 2. The predicted octanol–water partition coefficient (Wildman–Crippen LogP) is 8.44. The number of para-hydroxylation sites is 1. The van der Waals surface area contributed by atoms with E-state index in [1.54, 1.807) is 12.1 Å². The predicted molar refractivity (Wildman–Crippen MR) is 161 cm³/mol. The molecule has 5 heteroatoms. The molecular formula is C34H44N2O3. The number of hydrogen-bond donors (Lipinski definition) is 1. The van der Waals surface area contributed by atoms with Crippen molar-refractivity contribution in [2.75, 3.05) is 13.1 Å². The topological polar surface area (TPSA) is 62.5 Å². The average Bonchev–Trinajstić information content (AvgIpc) is 3.32. The number of benzene rings is 2. The highest BCUT2D eigenvalue weighted by molar-refractivity contribution is 6.10. The van der Waals surface area contributed by atoms with Gasteiger partial charge >= 0.3 is 5.97 Å². The van der Waals surface area contributed by atoms with Crippen LogP contribution in [0.5, 0.6) is 0 Å². The Kier molecular flexibility index (Phi) is 9.32. The van der Waals surface area contributed by atoms with Crippen LogP contribution in [0.25, 0.3) is 22.0 Å². The van der Waals surface area contributed by atoms with Crippen LogP contribution in [0.15, 0.2) is 42.6 Å². The lowest BCUT2D eigenvalue weighted by Crippen LogP contribution is -2.30. The van der Waals surface area contributed by atoms with Crippen LogP contribution in [-0.4, -0.2) is 39.5 Å². The number of allylic oxidation sites excluding steroid dienone is 2. The van der Waals surface area contributed by atoms with E-state index in [9.17, 15) is 14.7 Å². The van der Waals surface area contributed by atoms with Crippen LogP contribution >= 0.6 is 0 Å². The molecule has 3 aromatic rings. The van der Waals surface area contributed by atoms with Gasteiger partial charge in [-0.05, 0) is 87.3 Å². The molecular weight excluding hydrogens is 484 g/mol. The van der Waals surface area contributed by atoms with E-state index in [4.69, 9.17) is 0 Å². The van der Waals surface area contributed by atoms with Crippen LogP contribution in [0.3, 0.4) is 0 Å². The lowest BCUT2D eigenvalue weighted by atomic mass is 9.76.